The van der Waals surface area contributed by atoms with Gasteiger partial charge in [0.15, 0.2) is 5.82 Å². The molecular weight excluding hydrogens is 276 g/mol. The number of tetrazole rings is 1. The highest BCUT2D eigenvalue weighted by Gasteiger charge is 2.40. The number of carboxylic acid groups (broad SMARTS) is 1. The summed E-state index contributed by atoms with van der Waals surface area (Å²) < 4.78 is 0. The van der Waals surface area contributed by atoms with Crippen molar-refractivity contribution in [3.63, 3.8) is 0 Å². The molecule has 0 spiro atoms. The van der Waals surface area contributed by atoms with Gasteiger partial charge in [-0.1, -0.05) is 24.5 Å². The van der Waals surface area contributed by atoms with Crippen LogP contribution in [0.5, 0.6) is 0 Å². The van der Waals surface area contributed by atoms with E-state index in [4.69, 9.17) is 5.11 Å². The smallest absolute Gasteiger partial charge is 0.317 e. The van der Waals surface area contributed by atoms with Crippen molar-refractivity contribution in [2.75, 3.05) is 7.05 Å². The molecule has 3 N–H and O–H groups in total. The number of amides is 2. The van der Waals surface area contributed by atoms with E-state index in [1.807, 2.05) is 0 Å². The molecule has 1 aromatic heterocycles. The zero-order chi connectivity index (χ0) is 15.3. The van der Waals surface area contributed by atoms with Crippen molar-refractivity contribution in [2.24, 2.45) is 0 Å². The maximum Gasteiger partial charge on any atom is 0.317 e. The van der Waals surface area contributed by atoms with E-state index in [0.29, 0.717) is 18.7 Å². The van der Waals surface area contributed by atoms with Crippen molar-refractivity contribution < 1.29 is 14.7 Å². The number of carboxylic acids is 1. The summed E-state index contributed by atoms with van der Waals surface area (Å²) in [5.41, 5.74) is -0.606. The maximum absolute atomic E-state index is 12.3. The Labute approximate surface area is 122 Å². The Hall–Kier alpha value is -2.19. The molecule has 116 valence electrons. The van der Waals surface area contributed by atoms with Gasteiger partial charge >= 0.3 is 12.0 Å². The monoisotopic (exact) mass is 296 g/mol. The van der Waals surface area contributed by atoms with Crippen molar-refractivity contribution >= 4 is 12.0 Å². The number of hydrogen-bond acceptors (Lipinski definition) is 5. The fraction of sp³-hybridized carbons (Fsp3) is 0.750. The molecule has 1 fully saturated rings. The van der Waals surface area contributed by atoms with Crippen LogP contribution in [0.15, 0.2) is 0 Å². The maximum atomic E-state index is 12.3. The number of aromatic nitrogens is 4. The Balaban J connectivity index is 2.00. The first-order chi connectivity index (χ1) is 10.0. The average Bonchev–Trinajstić information content (AvgIpc) is 2.97. The van der Waals surface area contributed by atoms with Gasteiger partial charge in [-0.25, -0.2) is 4.79 Å². The average molecular weight is 296 g/mol. The third kappa shape index (κ3) is 3.67. The summed E-state index contributed by atoms with van der Waals surface area (Å²) in [6.45, 7) is 0.156. The lowest BCUT2D eigenvalue weighted by Crippen LogP contribution is -2.55. The number of aliphatic carboxylic acids is 1. The highest BCUT2D eigenvalue weighted by molar-refractivity contribution is 5.76. The van der Waals surface area contributed by atoms with E-state index < -0.39 is 11.5 Å². The van der Waals surface area contributed by atoms with Gasteiger partial charge in [0.1, 0.15) is 0 Å². The molecule has 1 aliphatic carbocycles. The number of aromatic amines is 1. The lowest BCUT2D eigenvalue weighted by Gasteiger charge is -2.43. The second-order valence-corrected chi connectivity index (χ2v) is 5.40. The summed E-state index contributed by atoms with van der Waals surface area (Å²) >= 11 is 0. The van der Waals surface area contributed by atoms with Crippen molar-refractivity contribution in [1.29, 1.82) is 0 Å². The number of carbonyl (C=O) groups excluding carboxylic acids is 1. The van der Waals surface area contributed by atoms with Crippen LogP contribution in [0.2, 0.25) is 0 Å². The summed E-state index contributed by atoms with van der Waals surface area (Å²) in [7, 11) is 1.65. The lowest BCUT2D eigenvalue weighted by atomic mass is 9.78. The van der Waals surface area contributed by atoms with Gasteiger partial charge in [-0.3, -0.25) is 4.79 Å². The fourth-order valence-corrected chi connectivity index (χ4v) is 2.87. The predicted molar refractivity (Wildman–Crippen MR) is 72.2 cm³/mol. The van der Waals surface area contributed by atoms with Crippen LogP contribution in [-0.4, -0.2) is 55.2 Å². The molecule has 1 aromatic rings. The second kappa shape index (κ2) is 6.51. The summed E-state index contributed by atoms with van der Waals surface area (Å²) in [6, 6.07) is -0.317. The molecule has 0 unspecified atom stereocenters. The first-order valence-corrected chi connectivity index (χ1v) is 6.99. The molecule has 0 bridgehead atoms. The molecule has 21 heavy (non-hydrogen) atoms. The minimum atomic E-state index is -0.880. The number of urea groups is 1. The zero-order valence-electron chi connectivity index (χ0n) is 12.0. The van der Waals surface area contributed by atoms with Crippen LogP contribution in [0.3, 0.4) is 0 Å². The van der Waals surface area contributed by atoms with Crippen molar-refractivity contribution in [2.45, 2.75) is 50.6 Å². The summed E-state index contributed by atoms with van der Waals surface area (Å²) in [6.07, 6.45) is 4.36. The largest absolute Gasteiger partial charge is 0.481 e. The quantitative estimate of drug-likeness (QED) is 0.727. The number of nitrogens with one attached hydrogen (secondary N) is 2. The molecular formula is C12H20N6O3. The predicted octanol–water partition coefficient (Wildman–Crippen LogP) is 0.519. The fourth-order valence-electron chi connectivity index (χ4n) is 2.87. The Kier molecular flexibility index (Phi) is 4.71. The zero-order valence-corrected chi connectivity index (χ0v) is 12.0. The van der Waals surface area contributed by atoms with E-state index in [1.54, 1.807) is 7.05 Å². The van der Waals surface area contributed by atoms with E-state index in [0.717, 1.165) is 19.3 Å². The summed E-state index contributed by atoms with van der Waals surface area (Å²) in [5, 5.41) is 25.1. The molecule has 9 heteroatoms. The van der Waals surface area contributed by atoms with Gasteiger partial charge in [0, 0.05) is 7.05 Å². The number of hydrogen-bond donors (Lipinski definition) is 3. The van der Waals surface area contributed by atoms with Crippen molar-refractivity contribution in [3.05, 3.63) is 5.82 Å². The molecule has 0 saturated heterocycles. The van der Waals surface area contributed by atoms with Crippen LogP contribution in [0.4, 0.5) is 4.79 Å². The standard InChI is InChI=1S/C12H20N6O3/c1-18(11(21)13-8-9-14-16-17-15-9)12(7-10(19)20)5-3-2-4-6-12/h2-8H2,1H3,(H,13,21)(H,19,20)(H,14,15,16,17). The lowest BCUT2D eigenvalue weighted by molar-refractivity contribution is -0.140. The van der Waals surface area contributed by atoms with Crippen LogP contribution in [0, 0.1) is 0 Å². The SMILES string of the molecule is CN(C(=O)NCc1nn[nH]n1)C1(CC(=O)O)CCCCC1. The molecule has 0 radical (unpaired) electrons. The molecule has 0 atom stereocenters. The third-order valence-corrected chi connectivity index (χ3v) is 4.07. The Morgan fingerprint density at radius 3 is 2.67 bits per heavy atom. The first-order valence-electron chi connectivity index (χ1n) is 6.99. The second-order valence-electron chi connectivity index (χ2n) is 5.40. The Bertz CT molecular complexity index is 483. The summed E-state index contributed by atoms with van der Waals surface area (Å²) in [5.74, 6) is -0.498. The number of carbonyl (C=O) groups is 2. The molecule has 1 heterocycles. The number of H-pyrrole nitrogens is 1. The van der Waals surface area contributed by atoms with Gasteiger partial charge < -0.3 is 15.3 Å². The van der Waals surface area contributed by atoms with Gasteiger partial charge in [-0.15, -0.1) is 10.2 Å². The van der Waals surface area contributed by atoms with Crippen LogP contribution in [0.1, 0.15) is 44.3 Å². The minimum absolute atomic E-state index is 0.0286. The van der Waals surface area contributed by atoms with E-state index in [2.05, 4.69) is 25.9 Å². The molecule has 1 aliphatic rings. The highest BCUT2D eigenvalue weighted by atomic mass is 16.4. The normalized spacial score (nSPS) is 17.2. The summed E-state index contributed by atoms with van der Waals surface area (Å²) in [4.78, 5) is 24.9. The van der Waals surface area contributed by atoms with Crippen molar-refractivity contribution in [3.8, 4) is 0 Å². The molecule has 2 rings (SSSR count). The Morgan fingerprint density at radius 1 is 1.38 bits per heavy atom. The molecule has 1 saturated carbocycles. The van der Waals surface area contributed by atoms with Gasteiger partial charge in [0.05, 0.1) is 18.5 Å². The topological polar surface area (TPSA) is 124 Å². The molecule has 9 nitrogen and oxygen atoms in total. The van der Waals surface area contributed by atoms with Crippen LogP contribution in [0.25, 0.3) is 0 Å². The van der Waals surface area contributed by atoms with Gasteiger partial charge in [0.2, 0.25) is 0 Å². The van der Waals surface area contributed by atoms with Crippen LogP contribution < -0.4 is 5.32 Å². The van der Waals surface area contributed by atoms with E-state index in [1.165, 1.54) is 4.90 Å². The highest BCUT2D eigenvalue weighted by Crippen LogP contribution is 2.35. The molecule has 0 aliphatic heterocycles. The first kappa shape index (κ1) is 15.2. The van der Waals surface area contributed by atoms with Gasteiger partial charge in [0.25, 0.3) is 0 Å². The van der Waals surface area contributed by atoms with Gasteiger partial charge in [-0.2, -0.15) is 5.21 Å². The van der Waals surface area contributed by atoms with E-state index in [9.17, 15) is 9.59 Å². The number of rotatable bonds is 5. The third-order valence-electron chi connectivity index (χ3n) is 4.07. The van der Waals surface area contributed by atoms with Crippen LogP contribution in [-0.2, 0) is 11.3 Å². The van der Waals surface area contributed by atoms with Crippen molar-refractivity contribution in [1.82, 2.24) is 30.8 Å². The van der Waals surface area contributed by atoms with E-state index in [-0.39, 0.29) is 19.0 Å². The molecule has 2 amide bonds. The van der Waals surface area contributed by atoms with E-state index >= 15 is 0 Å². The van der Waals surface area contributed by atoms with Crippen LogP contribution >= 0.6 is 0 Å². The minimum Gasteiger partial charge on any atom is -0.481 e. The Morgan fingerprint density at radius 2 is 2.10 bits per heavy atom. The number of nitrogens with zero attached hydrogens (tertiary/aromatic N) is 4. The molecule has 0 aromatic carbocycles. The van der Waals surface area contributed by atoms with Gasteiger partial charge in [-0.05, 0) is 12.8 Å².